The fourth-order valence-corrected chi connectivity index (χ4v) is 2.63. The van der Waals surface area contributed by atoms with E-state index in [9.17, 15) is 4.79 Å². The minimum absolute atomic E-state index is 0.0223. The summed E-state index contributed by atoms with van der Waals surface area (Å²) in [7, 11) is 0. The molecule has 0 radical (unpaired) electrons. The van der Waals surface area contributed by atoms with Crippen molar-refractivity contribution in [1.82, 2.24) is 4.98 Å². The number of nitrogens with zero attached hydrogens (tertiary/aromatic N) is 1. The summed E-state index contributed by atoms with van der Waals surface area (Å²) in [5.74, 6) is 1.11. The van der Waals surface area contributed by atoms with Gasteiger partial charge in [0.15, 0.2) is 5.89 Å². The number of carboxylic acid groups (broad SMARTS) is 1. The third-order valence-electron chi connectivity index (χ3n) is 3.54. The van der Waals surface area contributed by atoms with E-state index in [0.29, 0.717) is 11.6 Å². The number of aryl methyl sites for hydroxylation is 1. The third kappa shape index (κ3) is 3.12. The SMILES string of the molecule is CCCc1oc(C2CCCCC2)nc1CC(=O)O. The van der Waals surface area contributed by atoms with Crippen molar-refractivity contribution in [3.63, 3.8) is 0 Å². The Balaban J connectivity index is 2.17. The monoisotopic (exact) mass is 251 g/mol. The van der Waals surface area contributed by atoms with Crippen LogP contribution in [0.5, 0.6) is 0 Å². The lowest BCUT2D eigenvalue weighted by Crippen LogP contribution is -2.06. The Morgan fingerprint density at radius 2 is 2.11 bits per heavy atom. The van der Waals surface area contributed by atoms with Gasteiger partial charge in [-0.1, -0.05) is 26.2 Å². The van der Waals surface area contributed by atoms with Crippen molar-refractivity contribution in [2.75, 3.05) is 0 Å². The van der Waals surface area contributed by atoms with Gasteiger partial charge < -0.3 is 9.52 Å². The van der Waals surface area contributed by atoms with Gasteiger partial charge in [-0.3, -0.25) is 4.79 Å². The van der Waals surface area contributed by atoms with Crippen LogP contribution in [0, 0.1) is 0 Å². The van der Waals surface area contributed by atoms with Gasteiger partial charge >= 0.3 is 5.97 Å². The molecule has 0 amide bonds. The van der Waals surface area contributed by atoms with Crippen molar-refractivity contribution in [2.45, 2.75) is 64.2 Å². The fourth-order valence-electron chi connectivity index (χ4n) is 2.63. The lowest BCUT2D eigenvalue weighted by atomic mass is 9.89. The highest BCUT2D eigenvalue weighted by atomic mass is 16.4. The van der Waals surface area contributed by atoms with Gasteiger partial charge in [-0.05, 0) is 19.3 Å². The number of carboxylic acids is 1. The Morgan fingerprint density at radius 3 is 2.72 bits per heavy atom. The average Bonchev–Trinajstić information content (AvgIpc) is 2.73. The van der Waals surface area contributed by atoms with Crippen molar-refractivity contribution in [3.05, 3.63) is 17.3 Å². The minimum Gasteiger partial charge on any atom is -0.481 e. The van der Waals surface area contributed by atoms with Gasteiger partial charge in [0.05, 0.1) is 12.1 Å². The highest BCUT2D eigenvalue weighted by Gasteiger charge is 2.23. The van der Waals surface area contributed by atoms with Gasteiger partial charge in [0.2, 0.25) is 0 Å². The number of oxazole rings is 1. The summed E-state index contributed by atoms with van der Waals surface area (Å²) in [5, 5.41) is 8.90. The van der Waals surface area contributed by atoms with E-state index in [4.69, 9.17) is 9.52 Å². The van der Waals surface area contributed by atoms with Crippen LogP contribution in [0.2, 0.25) is 0 Å². The van der Waals surface area contributed by atoms with Gasteiger partial charge in [-0.25, -0.2) is 4.98 Å². The summed E-state index contributed by atoms with van der Waals surface area (Å²) in [6.45, 7) is 2.06. The molecule has 0 bridgehead atoms. The second-order valence-corrected chi connectivity index (χ2v) is 5.08. The number of hydrogen-bond acceptors (Lipinski definition) is 3. The highest BCUT2D eigenvalue weighted by Crippen LogP contribution is 2.33. The second-order valence-electron chi connectivity index (χ2n) is 5.08. The minimum atomic E-state index is -0.837. The van der Waals surface area contributed by atoms with Crippen LogP contribution >= 0.6 is 0 Å². The van der Waals surface area contributed by atoms with Gasteiger partial charge in [0, 0.05) is 12.3 Å². The summed E-state index contributed by atoms with van der Waals surface area (Å²) in [5.41, 5.74) is 0.630. The maximum Gasteiger partial charge on any atom is 0.309 e. The number of carbonyl (C=O) groups is 1. The molecule has 100 valence electrons. The topological polar surface area (TPSA) is 63.3 Å². The van der Waals surface area contributed by atoms with Crippen LogP contribution in [0.15, 0.2) is 4.42 Å². The molecule has 1 fully saturated rings. The standard InChI is InChI=1S/C14H21NO3/c1-2-6-12-11(9-13(16)17)15-14(18-12)10-7-4-3-5-8-10/h10H,2-9H2,1H3,(H,16,17). The molecule has 0 spiro atoms. The fraction of sp³-hybridized carbons (Fsp3) is 0.714. The first-order valence-corrected chi connectivity index (χ1v) is 6.91. The molecule has 1 heterocycles. The molecule has 0 atom stereocenters. The largest absolute Gasteiger partial charge is 0.481 e. The second kappa shape index (κ2) is 6.03. The molecule has 2 rings (SSSR count). The number of hydrogen-bond donors (Lipinski definition) is 1. The van der Waals surface area contributed by atoms with Crippen molar-refractivity contribution < 1.29 is 14.3 Å². The van der Waals surface area contributed by atoms with Crippen molar-refractivity contribution in [2.24, 2.45) is 0 Å². The maximum absolute atomic E-state index is 10.8. The quantitative estimate of drug-likeness (QED) is 0.872. The predicted molar refractivity (Wildman–Crippen MR) is 67.7 cm³/mol. The molecule has 0 saturated heterocycles. The lowest BCUT2D eigenvalue weighted by molar-refractivity contribution is -0.136. The number of aliphatic carboxylic acids is 1. The smallest absolute Gasteiger partial charge is 0.309 e. The Morgan fingerprint density at radius 1 is 1.39 bits per heavy atom. The third-order valence-corrected chi connectivity index (χ3v) is 3.54. The van der Waals surface area contributed by atoms with E-state index in [1.165, 1.54) is 19.3 Å². The average molecular weight is 251 g/mol. The van der Waals surface area contributed by atoms with Crippen molar-refractivity contribution in [3.8, 4) is 0 Å². The van der Waals surface area contributed by atoms with E-state index >= 15 is 0 Å². The molecule has 1 aliphatic rings. The maximum atomic E-state index is 10.8. The molecule has 1 N–H and O–H groups in total. The van der Waals surface area contributed by atoms with Crippen molar-refractivity contribution >= 4 is 5.97 Å². The Bertz CT molecular complexity index is 405. The van der Waals surface area contributed by atoms with Crippen LogP contribution in [0.3, 0.4) is 0 Å². The lowest BCUT2D eigenvalue weighted by Gasteiger charge is -2.17. The van der Waals surface area contributed by atoms with Crippen molar-refractivity contribution in [1.29, 1.82) is 0 Å². The Labute approximate surface area is 107 Å². The Hall–Kier alpha value is -1.32. The molecule has 1 aliphatic carbocycles. The summed E-state index contributed by atoms with van der Waals surface area (Å²) in [6.07, 6.45) is 7.70. The molecule has 1 aromatic heterocycles. The molecule has 1 saturated carbocycles. The van der Waals surface area contributed by atoms with Crippen LogP contribution in [0.4, 0.5) is 0 Å². The summed E-state index contributed by atoms with van der Waals surface area (Å²) in [4.78, 5) is 15.3. The normalized spacial score (nSPS) is 16.9. The van der Waals surface area contributed by atoms with E-state index in [1.54, 1.807) is 0 Å². The molecular weight excluding hydrogens is 230 g/mol. The summed E-state index contributed by atoms with van der Waals surface area (Å²) in [6, 6.07) is 0. The molecule has 18 heavy (non-hydrogen) atoms. The molecular formula is C14H21NO3. The zero-order chi connectivity index (χ0) is 13.0. The van der Waals surface area contributed by atoms with Crippen LogP contribution < -0.4 is 0 Å². The van der Waals surface area contributed by atoms with Gasteiger partial charge in [-0.15, -0.1) is 0 Å². The first kappa shape index (κ1) is 13.1. The number of rotatable bonds is 5. The van der Waals surface area contributed by atoms with Crippen LogP contribution in [0.1, 0.15) is 68.7 Å². The van der Waals surface area contributed by atoms with Crippen LogP contribution in [-0.4, -0.2) is 16.1 Å². The molecule has 1 aromatic rings. The van der Waals surface area contributed by atoms with Crippen LogP contribution in [-0.2, 0) is 17.6 Å². The van der Waals surface area contributed by atoms with Crippen LogP contribution in [0.25, 0.3) is 0 Å². The van der Waals surface area contributed by atoms with Gasteiger partial charge in [0.1, 0.15) is 5.76 Å². The first-order chi connectivity index (χ1) is 8.70. The van der Waals surface area contributed by atoms with Gasteiger partial charge in [0.25, 0.3) is 0 Å². The first-order valence-electron chi connectivity index (χ1n) is 6.91. The summed E-state index contributed by atoms with van der Waals surface area (Å²) < 4.78 is 5.82. The molecule has 4 nitrogen and oxygen atoms in total. The highest BCUT2D eigenvalue weighted by molar-refractivity contribution is 5.69. The predicted octanol–water partition coefficient (Wildman–Crippen LogP) is 3.30. The van der Waals surface area contributed by atoms with E-state index in [0.717, 1.165) is 37.3 Å². The zero-order valence-corrected chi connectivity index (χ0v) is 10.9. The number of aromatic nitrogens is 1. The van der Waals surface area contributed by atoms with E-state index in [-0.39, 0.29) is 6.42 Å². The molecule has 0 aliphatic heterocycles. The Kier molecular flexibility index (Phi) is 4.39. The molecule has 0 unspecified atom stereocenters. The zero-order valence-electron chi connectivity index (χ0n) is 10.9. The van der Waals surface area contributed by atoms with E-state index in [2.05, 4.69) is 11.9 Å². The molecule has 0 aromatic carbocycles. The van der Waals surface area contributed by atoms with Gasteiger partial charge in [-0.2, -0.15) is 0 Å². The molecule has 4 heteroatoms. The van der Waals surface area contributed by atoms with E-state index in [1.807, 2.05) is 0 Å². The summed E-state index contributed by atoms with van der Waals surface area (Å²) >= 11 is 0. The van der Waals surface area contributed by atoms with E-state index < -0.39 is 5.97 Å².